The van der Waals surface area contributed by atoms with Crippen molar-refractivity contribution in [2.45, 2.75) is 26.3 Å². The normalized spacial score (nSPS) is 17.8. The molecule has 1 heterocycles. The minimum Gasteiger partial charge on any atom is -0.274 e. The molecule has 2 aromatic carbocycles. The van der Waals surface area contributed by atoms with E-state index in [0.717, 1.165) is 11.1 Å². The molecule has 2 aromatic rings. The Morgan fingerprint density at radius 2 is 1.59 bits per heavy atom. The summed E-state index contributed by atoms with van der Waals surface area (Å²) >= 11 is 0. The van der Waals surface area contributed by atoms with E-state index in [-0.39, 0.29) is 23.7 Å². The van der Waals surface area contributed by atoms with Gasteiger partial charge in [-0.15, -0.1) is 0 Å². The fraction of sp³-hybridized carbons (Fsp3) is 0.263. The van der Waals surface area contributed by atoms with Crippen LogP contribution < -0.4 is 0 Å². The highest BCUT2D eigenvalue weighted by atomic mass is 16.2. The second kappa shape index (κ2) is 5.76. The van der Waals surface area contributed by atoms with Gasteiger partial charge < -0.3 is 0 Å². The van der Waals surface area contributed by atoms with Crippen molar-refractivity contribution in [1.82, 2.24) is 4.90 Å². The molecule has 1 aliphatic rings. The van der Waals surface area contributed by atoms with Gasteiger partial charge in [0.2, 0.25) is 5.91 Å². The quantitative estimate of drug-likeness (QED) is 0.811. The minimum atomic E-state index is -0.252. The lowest BCUT2D eigenvalue weighted by Crippen LogP contribution is -2.45. The molecule has 3 heteroatoms. The molecular formula is C19H19NO2. The zero-order valence-electron chi connectivity index (χ0n) is 12.8. The van der Waals surface area contributed by atoms with Crippen molar-refractivity contribution >= 4 is 11.8 Å². The Morgan fingerprint density at radius 3 is 2.27 bits per heavy atom. The van der Waals surface area contributed by atoms with Crippen molar-refractivity contribution in [3.8, 4) is 0 Å². The largest absolute Gasteiger partial charge is 0.274 e. The van der Waals surface area contributed by atoms with E-state index < -0.39 is 0 Å². The molecule has 2 amide bonds. The van der Waals surface area contributed by atoms with E-state index in [4.69, 9.17) is 0 Å². The van der Waals surface area contributed by atoms with Crippen molar-refractivity contribution in [2.75, 3.05) is 0 Å². The summed E-state index contributed by atoms with van der Waals surface area (Å²) in [5.41, 5.74) is 2.47. The summed E-state index contributed by atoms with van der Waals surface area (Å²) in [6, 6.07) is 17.1. The van der Waals surface area contributed by atoms with Crippen molar-refractivity contribution in [1.29, 1.82) is 0 Å². The molecule has 0 N–H and O–H groups in total. The predicted molar refractivity (Wildman–Crippen MR) is 85.3 cm³/mol. The summed E-state index contributed by atoms with van der Waals surface area (Å²) in [6.07, 6.45) is 0. The molecule has 0 aromatic heterocycles. The number of fused-ring (bicyclic) bond motifs is 1. The maximum absolute atomic E-state index is 12.8. The number of nitrogens with zero attached hydrogens (tertiary/aromatic N) is 1. The first-order chi connectivity index (χ1) is 10.6. The number of rotatable bonds is 3. The van der Waals surface area contributed by atoms with Crippen molar-refractivity contribution < 1.29 is 9.59 Å². The molecule has 1 atom stereocenters. The summed E-state index contributed by atoms with van der Waals surface area (Å²) in [7, 11) is 0. The van der Waals surface area contributed by atoms with Crippen molar-refractivity contribution in [3.63, 3.8) is 0 Å². The van der Waals surface area contributed by atoms with Gasteiger partial charge in [0, 0.05) is 5.56 Å². The summed E-state index contributed by atoms with van der Waals surface area (Å²) in [6.45, 7) is 4.38. The van der Waals surface area contributed by atoms with Gasteiger partial charge in [-0.25, -0.2) is 0 Å². The van der Waals surface area contributed by atoms with E-state index in [1.807, 2.05) is 68.4 Å². The van der Waals surface area contributed by atoms with Crippen LogP contribution in [0.5, 0.6) is 0 Å². The number of benzene rings is 2. The topological polar surface area (TPSA) is 37.4 Å². The lowest BCUT2D eigenvalue weighted by molar-refractivity contribution is -0.132. The molecular weight excluding hydrogens is 274 g/mol. The standard InChI is InChI=1S/C19H19NO2/c1-13(2)17-15-10-6-7-11-16(15)18(21)20(19(17)22)12-14-8-4-3-5-9-14/h3-11,13,17H,12H2,1-2H3. The van der Waals surface area contributed by atoms with E-state index in [1.54, 1.807) is 0 Å². The second-order valence-corrected chi connectivity index (χ2v) is 6.02. The lowest BCUT2D eigenvalue weighted by atomic mass is 9.81. The smallest absolute Gasteiger partial charge is 0.261 e. The number of carbonyl (C=O) groups excluding carboxylic acids is 2. The summed E-state index contributed by atoms with van der Waals surface area (Å²) in [5.74, 6) is -0.387. The predicted octanol–water partition coefficient (Wildman–Crippen LogP) is 3.61. The van der Waals surface area contributed by atoms with Crippen LogP contribution in [0.4, 0.5) is 0 Å². The van der Waals surface area contributed by atoms with Gasteiger partial charge in [0.1, 0.15) is 0 Å². The van der Waals surface area contributed by atoms with E-state index >= 15 is 0 Å². The summed E-state index contributed by atoms with van der Waals surface area (Å²) in [4.78, 5) is 26.9. The van der Waals surface area contributed by atoms with Gasteiger partial charge in [-0.1, -0.05) is 62.4 Å². The van der Waals surface area contributed by atoms with E-state index in [9.17, 15) is 9.59 Å². The molecule has 0 radical (unpaired) electrons. The average molecular weight is 293 g/mol. The number of amides is 2. The molecule has 0 saturated heterocycles. The molecule has 0 bridgehead atoms. The third kappa shape index (κ3) is 2.43. The van der Waals surface area contributed by atoms with Crippen molar-refractivity contribution in [3.05, 3.63) is 71.3 Å². The molecule has 3 nitrogen and oxygen atoms in total. The number of hydrogen-bond acceptors (Lipinski definition) is 2. The molecule has 1 unspecified atom stereocenters. The SMILES string of the molecule is CC(C)C1C(=O)N(Cc2ccccc2)C(=O)c2ccccc21. The Morgan fingerprint density at radius 1 is 0.955 bits per heavy atom. The highest BCUT2D eigenvalue weighted by Crippen LogP contribution is 2.35. The van der Waals surface area contributed by atoms with Crippen LogP contribution in [0.2, 0.25) is 0 Å². The van der Waals surface area contributed by atoms with E-state index in [0.29, 0.717) is 12.1 Å². The lowest BCUT2D eigenvalue weighted by Gasteiger charge is -2.34. The average Bonchev–Trinajstić information content (AvgIpc) is 2.52. The molecule has 112 valence electrons. The highest BCUT2D eigenvalue weighted by molar-refractivity contribution is 6.11. The Bertz CT molecular complexity index is 706. The molecule has 3 rings (SSSR count). The molecule has 22 heavy (non-hydrogen) atoms. The zero-order chi connectivity index (χ0) is 15.7. The number of carbonyl (C=O) groups is 2. The van der Waals surface area contributed by atoms with Crippen molar-refractivity contribution in [2.24, 2.45) is 5.92 Å². The highest BCUT2D eigenvalue weighted by Gasteiger charge is 2.39. The van der Waals surface area contributed by atoms with Crippen LogP contribution in [-0.4, -0.2) is 16.7 Å². The minimum absolute atomic E-state index is 0.0949. The zero-order valence-corrected chi connectivity index (χ0v) is 12.8. The van der Waals surface area contributed by atoms with Crippen LogP contribution in [0.1, 0.15) is 41.3 Å². The molecule has 0 aliphatic carbocycles. The van der Waals surface area contributed by atoms with Crippen LogP contribution >= 0.6 is 0 Å². The van der Waals surface area contributed by atoms with Gasteiger partial charge in [-0.05, 0) is 23.1 Å². The number of hydrogen-bond donors (Lipinski definition) is 0. The van der Waals surface area contributed by atoms with Gasteiger partial charge in [-0.2, -0.15) is 0 Å². The van der Waals surface area contributed by atoms with Crippen LogP contribution in [0.3, 0.4) is 0 Å². The maximum Gasteiger partial charge on any atom is 0.261 e. The third-order valence-electron chi connectivity index (χ3n) is 4.15. The van der Waals surface area contributed by atoms with Gasteiger partial charge >= 0.3 is 0 Å². The van der Waals surface area contributed by atoms with Crippen LogP contribution in [0.15, 0.2) is 54.6 Å². The summed E-state index contributed by atoms with van der Waals surface area (Å²) in [5, 5.41) is 0. The Kier molecular flexibility index (Phi) is 3.80. The van der Waals surface area contributed by atoms with Gasteiger partial charge in [-0.3, -0.25) is 14.5 Å². The fourth-order valence-electron chi connectivity index (χ4n) is 3.07. The molecule has 0 fully saturated rings. The van der Waals surface area contributed by atoms with E-state index in [2.05, 4.69) is 0 Å². The van der Waals surface area contributed by atoms with Gasteiger partial charge in [0.25, 0.3) is 5.91 Å². The first kappa shape index (κ1) is 14.5. The number of imide groups is 1. The van der Waals surface area contributed by atoms with Crippen LogP contribution in [0.25, 0.3) is 0 Å². The maximum atomic E-state index is 12.8. The monoisotopic (exact) mass is 293 g/mol. The first-order valence-corrected chi connectivity index (χ1v) is 7.58. The summed E-state index contributed by atoms with van der Waals surface area (Å²) < 4.78 is 0. The molecule has 1 aliphatic heterocycles. The fourth-order valence-corrected chi connectivity index (χ4v) is 3.07. The van der Waals surface area contributed by atoms with Crippen LogP contribution in [0, 0.1) is 5.92 Å². The Labute approximate surface area is 130 Å². The Hall–Kier alpha value is -2.42. The van der Waals surface area contributed by atoms with Gasteiger partial charge in [0.05, 0.1) is 12.5 Å². The third-order valence-corrected chi connectivity index (χ3v) is 4.15. The van der Waals surface area contributed by atoms with Gasteiger partial charge in [0.15, 0.2) is 0 Å². The first-order valence-electron chi connectivity index (χ1n) is 7.58. The van der Waals surface area contributed by atoms with Crippen LogP contribution in [-0.2, 0) is 11.3 Å². The Balaban J connectivity index is 2.02. The second-order valence-electron chi connectivity index (χ2n) is 6.02. The molecule has 0 spiro atoms. The molecule has 0 saturated carbocycles. The van der Waals surface area contributed by atoms with E-state index in [1.165, 1.54) is 4.90 Å².